The van der Waals surface area contributed by atoms with Crippen molar-refractivity contribution in [3.05, 3.63) is 65.2 Å². The van der Waals surface area contributed by atoms with Gasteiger partial charge in [-0.1, -0.05) is 42.5 Å². The lowest BCUT2D eigenvalue weighted by Crippen LogP contribution is -2.27. The predicted octanol–water partition coefficient (Wildman–Crippen LogP) is 3.95. The Morgan fingerprint density at radius 1 is 1.14 bits per heavy atom. The van der Waals surface area contributed by atoms with Crippen molar-refractivity contribution < 1.29 is 9.53 Å². The normalized spacial score (nSPS) is 11.8. The molecule has 0 aliphatic rings. The molecule has 0 aliphatic carbocycles. The first-order valence-corrected chi connectivity index (χ1v) is 7.60. The minimum Gasteiger partial charge on any atom is -0.493 e. The summed E-state index contributed by atoms with van der Waals surface area (Å²) in [4.78, 5) is 12.0. The van der Waals surface area contributed by atoms with Crippen LogP contribution in [0.25, 0.3) is 0 Å². The second-order valence-electron chi connectivity index (χ2n) is 5.57. The fourth-order valence-corrected chi connectivity index (χ4v) is 2.26. The zero-order valence-electron chi connectivity index (χ0n) is 13.4. The molecule has 0 fully saturated rings. The van der Waals surface area contributed by atoms with Gasteiger partial charge in [-0.05, 0) is 43.5 Å². The van der Waals surface area contributed by atoms with E-state index in [0.717, 1.165) is 22.4 Å². The predicted molar refractivity (Wildman–Crippen MR) is 89.0 cm³/mol. The van der Waals surface area contributed by atoms with Crippen molar-refractivity contribution in [1.82, 2.24) is 5.32 Å². The van der Waals surface area contributed by atoms with E-state index in [9.17, 15) is 4.79 Å². The molecule has 1 amide bonds. The maximum atomic E-state index is 12.0. The molecule has 0 bridgehead atoms. The minimum absolute atomic E-state index is 0.00154. The third kappa shape index (κ3) is 4.62. The fraction of sp³-hybridized carbons (Fsp3) is 0.316. The SMILES string of the molecule is Cc1ccc(C)c(OCCC(=O)N[C@@H](C)c2ccccc2)c1. The van der Waals surface area contributed by atoms with E-state index in [4.69, 9.17) is 4.74 Å². The number of rotatable bonds is 6. The van der Waals surface area contributed by atoms with Gasteiger partial charge in [0.05, 0.1) is 19.1 Å². The average Bonchev–Trinajstić information content (AvgIpc) is 2.51. The Labute approximate surface area is 132 Å². The number of ether oxygens (including phenoxy) is 1. The number of amides is 1. The molecular formula is C19H23NO2. The van der Waals surface area contributed by atoms with Gasteiger partial charge in [0.25, 0.3) is 0 Å². The van der Waals surface area contributed by atoms with E-state index in [2.05, 4.69) is 11.4 Å². The van der Waals surface area contributed by atoms with Gasteiger partial charge in [0.15, 0.2) is 0 Å². The topological polar surface area (TPSA) is 38.3 Å². The van der Waals surface area contributed by atoms with Crippen LogP contribution in [0.1, 0.15) is 36.1 Å². The van der Waals surface area contributed by atoms with Gasteiger partial charge in [-0.15, -0.1) is 0 Å². The molecule has 0 saturated carbocycles. The van der Waals surface area contributed by atoms with E-state index in [-0.39, 0.29) is 11.9 Å². The maximum absolute atomic E-state index is 12.0. The molecule has 0 heterocycles. The highest BCUT2D eigenvalue weighted by atomic mass is 16.5. The van der Waals surface area contributed by atoms with Crippen LogP contribution in [0.2, 0.25) is 0 Å². The third-order valence-electron chi connectivity index (χ3n) is 3.61. The lowest BCUT2D eigenvalue weighted by Gasteiger charge is -2.15. The van der Waals surface area contributed by atoms with Crippen molar-refractivity contribution in [3.63, 3.8) is 0 Å². The van der Waals surface area contributed by atoms with Crippen LogP contribution in [0, 0.1) is 13.8 Å². The Hall–Kier alpha value is -2.29. The van der Waals surface area contributed by atoms with Crippen LogP contribution in [0.4, 0.5) is 0 Å². The van der Waals surface area contributed by atoms with Gasteiger partial charge in [-0.25, -0.2) is 0 Å². The Kier molecular flexibility index (Phi) is 5.59. The van der Waals surface area contributed by atoms with Gasteiger partial charge in [-0.2, -0.15) is 0 Å². The molecule has 0 saturated heterocycles. The molecule has 1 N–H and O–H groups in total. The molecular weight excluding hydrogens is 274 g/mol. The molecule has 1 atom stereocenters. The Bertz CT molecular complexity index is 623. The van der Waals surface area contributed by atoms with Crippen molar-refractivity contribution in [2.45, 2.75) is 33.2 Å². The second-order valence-corrected chi connectivity index (χ2v) is 5.57. The van der Waals surface area contributed by atoms with Crippen LogP contribution in [-0.4, -0.2) is 12.5 Å². The van der Waals surface area contributed by atoms with E-state index in [0.29, 0.717) is 13.0 Å². The molecule has 3 heteroatoms. The first-order valence-electron chi connectivity index (χ1n) is 7.60. The number of aryl methyl sites for hydroxylation is 2. The molecule has 0 spiro atoms. The summed E-state index contributed by atoms with van der Waals surface area (Å²) in [7, 11) is 0. The van der Waals surface area contributed by atoms with Gasteiger partial charge < -0.3 is 10.1 Å². The van der Waals surface area contributed by atoms with Crippen LogP contribution < -0.4 is 10.1 Å². The monoisotopic (exact) mass is 297 g/mol. The van der Waals surface area contributed by atoms with E-state index in [1.807, 2.05) is 63.2 Å². The van der Waals surface area contributed by atoms with E-state index < -0.39 is 0 Å². The summed E-state index contributed by atoms with van der Waals surface area (Å²) in [6.07, 6.45) is 0.352. The number of carbonyl (C=O) groups excluding carboxylic acids is 1. The first kappa shape index (κ1) is 16.1. The molecule has 2 aromatic rings. The highest BCUT2D eigenvalue weighted by Gasteiger charge is 2.09. The van der Waals surface area contributed by atoms with Crippen LogP contribution in [-0.2, 0) is 4.79 Å². The Morgan fingerprint density at radius 3 is 2.59 bits per heavy atom. The molecule has 0 aromatic heterocycles. The number of hydrogen-bond acceptors (Lipinski definition) is 2. The van der Waals surface area contributed by atoms with E-state index >= 15 is 0 Å². The smallest absolute Gasteiger partial charge is 0.223 e. The summed E-state index contributed by atoms with van der Waals surface area (Å²) < 4.78 is 5.71. The summed E-state index contributed by atoms with van der Waals surface area (Å²) >= 11 is 0. The summed E-state index contributed by atoms with van der Waals surface area (Å²) in [6.45, 7) is 6.41. The molecule has 3 nitrogen and oxygen atoms in total. The average molecular weight is 297 g/mol. The highest BCUT2D eigenvalue weighted by molar-refractivity contribution is 5.76. The van der Waals surface area contributed by atoms with Gasteiger partial charge in [0.1, 0.15) is 5.75 Å². The van der Waals surface area contributed by atoms with Gasteiger partial charge in [0.2, 0.25) is 5.91 Å². The van der Waals surface area contributed by atoms with Crippen molar-refractivity contribution in [2.75, 3.05) is 6.61 Å². The van der Waals surface area contributed by atoms with Crippen molar-refractivity contribution in [2.24, 2.45) is 0 Å². The largest absolute Gasteiger partial charge is 0.493 e. The molecule has 2 aromatic carbocycles. The van der Waals surface area contributed by atoms with Crippen LogP contribution in [0.15, 0.2) is 48.5 Å². The highest BCUT2D eigenvalue weighted by Crippen LogP contribution is 2.19. The van der Waals surface area contributed by atoms with Gasteiger partial charge in [0, 0.05) is 0 Å². The van der Waals surface area contributed by atoms with E-state index in [1.54, 1.807) is 0 Å². The van der Waals surface area contributed by atoms with E-state index in [1.165, 1.54) is 0 Å². The minimum atomic E-state index is 0.00154. The summed E-state index contributed by atoms with van der Waals surface area (Å²) in [5.74, 6) is 0.852. The van der Waals surface area contributed by atoms with Crippen molar-refractivity contribution in [3.8, 4) is 5.75 Å². The van der Waals surface area contributed by atoms with Crippen LogP contribution in [0.3, 0.4) is 0 Å². The van der Waals surface area contributed by atoms with Crippen molar-refractivity contribution in [1.29, 1.82) is 0 Å². The molecule has 116 valence electrons. The summed E-state index contributed by atoms with van der Waals surface area (Å²) in [6, 6.07) is 16.0. The third-order valence-corrected chi connectivity index (χ3v) is 3.61. The molecule has 0 unspecified atom stereocenters. The van der Waals surface area contributed by atoms with Gasteiger partial charge in [-0.3, -0.25) is 4.79 Å². The number of nitrogens with one attached hydrogen (secondary N) is 1. The van der Waals surface area contributed by atoms with Crippen molar-refractivity contribution >= 4 is 5.91 Å². The maximum Gasteiger partial charge on any atom is 0.223 e. The molecule has 0 aliphatic heterocycles. The quantitative estimate of drug-likeness (QED) is 0.876. The van der Waals surface area contributed by atoms with Crippen LogP contribution >= 0.6 is 0 Å². The molecule has 2 rings (SSSR count). The summed E-state index contributed by atoms with van der Waals surface area (Å²) in [5.41, 5.74) is 3.35. The van der Waals surface area contributed by atoms with Gasteiger partial charge >= 0.3 is 0 Å². The molecule has 22 heavy (non-hydrogen) atoms. The number of hydrogen-bond donors (Lipinski definition) is 1. The zero-order chi connectivity index (χ0) is 15.9. The zero-order valence-corrected chi connectivity index (χ0v) is 13.4. The molecule has 0 radical (unpaired) electrons. The Balaban J connectivity index is 1.79. The second kappa shape index (κ2) is 7.64. The lowest BCUT2D eigenvalue weighted by atomic mass is 10.1. The standard InChI is InChI=1S/C19H23NO2/c1-14-9-10-15(2)18(13-14)22-12-11-19(21)20-16(3)17-7-5-4-6-8-17/h4-10,13,16H,11-12H2,1-3H3,(H,20,21)/t16-/m0/s1. The lowest BCUT2D eigenvalue weighted by molar-refractivity contribution is -0.122. The van der Waals surface area contributed by atoms with Crippen LogP contribution in [0.5, 0.6) is 5.75 Å². The summed E-state index contributed by atoms with van der Waals surface area (Å²) in [5, 5.41) is 2.99. The first-order chi connectivity index (χ1) is 10.6. The number of benzene rings is 2. The number of carbonyl (C=O) groups is 1. The fourth-order valence-electron chi connectivity index (χ4n) is 2.26. The Morgan fingerprint density at radius 2 is 1.86 bits per heavy atom.